The normalized spacial score (nSPS) is 48.0. The molecular weight excluding hydrogens is 861 g/mol. The van der Waals surface area contributed by atoms with Gasteiger partial charge in [-0.3, -0.25) is 0 Å². The van der Waals surface area contributed by atoms with E-state index in [4.69, 9.17) is 0 Å². The second-order valence-corrected chi connectivity index (χ2v) is 30.9. The van der Waals surface area contributed by atoms with Crippen molar-refractivity contribution in [1.29, 1.82) is 0 Å². The molecule has 0 N–H and O–H groups in total. The van der Waals surface area contributed by atoms with Crippen molar-refractivity contribution in [3.8, 4) is 11.1 Å². The van der Waals surface area contributed by atoms with Crippen LogP contribution < -0.4 is 0 Å². The van der Waals surface area contributed by atoms with Crippen molar-refractivity contribution < 1.29 is 0 Å². The summed E-state index contributed by atoms with van der Waals surface area (Å²) in [5.74, 6) is 13.5. The summed E-state index contributed by atoms with van der Waals surface area (Å²) in [4.78, 5) is 1.81. The summed E-state index contributed by atoms with van der Waals surface area (Å²) < 4.78 is 0.0761. The Balaban J connectivity index is 1.02. The molecule has 2 spiro atoms. The van der Waals surface area contributed by atoms with E-state index >= 15 is 0 Å². The maximum atomic E-state index is 2.86. The van der Waals surface area contributed by atoms with Gasteiger partial charge in [-0.2, -0.15) is 0 Å². The number of hydrogen-bond donors (Lipinski definition) is 0. The average Bonchev–Trinajstić information content (AvgIpc) is 4.40. The molecule has 0 amide bonds. The summed E-state index contributed by atoms with van der Waals surface area (Å²) >= 11 is 2.62. The Labute approximate surface area is 400 Å². The quantitative estimate of drug-likeness (QED) is 0.156. The fourth-order valence-corrected chi connectivity index (χ4v) is 34.6. The largest absolute Gasteiger partial charge is 0.112 e. The van der Waals surface area contributed by atoms with Crippen LogP contribution in [-0.4, -0.2) is 0 Å². The van der Waals surface area contributed by atoms with Crippen molar-refractivity contribution in [1.82, 2.24) is 0 Å². The van der Waals surface area contributed by atoms with Gasteiger partial charge >= 0.3 is 0 Å². The molecule has 0 radical (unpaired) electrons. The molecule has 22 aliphatic carbocycles. The van der Waals surface area contributed by atoms with Gasteiger partial charge in [0.05, 0.1) is 4.75 Å². The van der Waals surface area contributed by atoms with Crippen LogP contribution >= 0.6 is 11.8 Å². The molecule has 1 heterocycles. The zero-order chi connectivity index (χ0) is 41.5. The van der Waals surface area contributed by atoms with E-state index in [1.165, 1.54) is 12.8 Å². The molecule has 11 aromatic carbocycles. The molecule has 34 rings (SSSR count). The van der Waals surface area contributed by atoms with Gasteiger partial charge in [0.2, 0.25) is 0 Å². The predicted molar refractivity (Wildman–Crippen MR) is 271 cm³/mol. The maximum absolute atomic E-state index is 2.86. The van der Waals surface area contributed by atoms with Crippen molar-refractivity contribution in [2.45, 2.75) is 141 Å². The fourth-order valence-electron chi connectivity index (χ4n) is 32.3. The van der Waals surface area contributed by atoms with Gasteiger partial charge in [0.1, 0.15) is 0 Å². The van der Waals surface area contributed by atoms with Crippen LogP contribution in [0, 0.1) is 11.8 Å². The van der Waals surface area contributed by atoms with Crippen LogP contribution in [0.25, 0.3) is 97.3 Å². The van der Waals surface area contributed by atoms with E-state index < -0.39 is 0 Å². The molecular formula is C69H30S. The Morgan fingerprint density at radius 3 is 1.13 bits per heavy atom. The van der Waals surface area contributed by atoms with E-state index in [0.29, 0.717) is 118 Å². The van der Waals surface area contributed by atoms with E-state index in [0.717, 1.165) is 0 Å². The molecule has 1 heteroatoms. The van der Waals surface area contributed by atoms with Crippen LogP contribution in [0.4, 0.5) is 0 Å². The highest BCUT2D eigenvalue weighted by Crippen LogP contribution is 3.01. The van der Waals surface area contributed by atoms with E-state index in [2.05, 4.69) is 64.7 Å². The van der Waals surface area contributed by atoms with Gasteiger partial charge < -0.3 is 0 Å². The minimum Gasteiger partial charge on any atom is -0.112 e. The number of fused-ring (bicyclic) bond motifs is 1. The molecule has 1 aliphatic heterocycles. The Hall–Kier alpha value is -5.37. The number of thioether (sulfide) groups is 1. The van der Waals surface area contributed by atoms with Crippen LogP contribution in [0.1, 0.15) is 242 Å². The van der Waals surface area contributed by atoms with Gasteiger partial charge in [-0.25, -0.2) is 0 Å². The third kappa shape index (κ3) is 1.52. The first kappa shape index (κ1) is 28.0. The SMILES string of the molecule is CCCc1cccc2c1SC13c4c5c6c7c8c9c%10c%11c%12c%13c%14c%15c(c%16c%13c%10c7c4-%16)C21C1C%15C2c4c7c%10c%13c%15c%16c%17c%18c%19c%20c%21c%22c%23c(c4c4c%22c%19c%16c%104)C2C%14C%12C%23C%21C%11C9C%20C%18C8C6C%17C%15C5C3C%13C71. The molecule has 70 heavy (non-hydrogen) atoms. The zero-order valence-corrected chi connectivity index (χ0v) is 38.4. The minimum absolute atomic E-state index is 0.0459. The Morgan fingerprint density at radius 2 is 0.671 bits per heavy atom. The maximum Gasteiger partial charge on any atom is 0.0645 e. The second kappa shape index (κ2) is 6.52. The molecule has 312 valence electrons. The molecule has 1 fully saturated rings. The molecule has 0 nitrogen and oxygen atoms in total. The zero-order valence-electron chi connectivity index (χ0n) is 37.6. The smallest absolute Gasteiger partial charge is 0.0645 e. The van der Waals surface area contributed by atoms with Crippen molar-refractivity contribution >= 4 is 97.9 Å². The molecule has 22 atom stereocenters. The first-order chi connectivity index (χ1) is 34.9. The molecule has 0 bridgehead atoms. The third-order valence-corrected chi connectivity index (χ3v) is 32.6. The number of aryl methyl sites for hydroxylation is 1. The van der Waals surface area contributed by atoms with Gasteiger partial charge in [-0.05, 0) is 344 Å². The number of benzene rings is 10. The van der Waals surface area contributed by atoms with E-state index in [1.807, 2.05) is 191 Å². The summed E-state index contributed by atoms with van der Waals surface area (Å²) in [6.45, 7) is 2.48. The molecule has 23 aliphatic rings. The van der Waals surface area contributed by atoms with Gasteiger partial charge in [-0.1, -0.05) is 31.5 Å². The van der Waals surface area contributed by atoms with Crippen LogP contribution in [0.15, 0.2) is 23.1 Å². The molecule has 22 unspecified atom stereocenters. The van der Waals surface area contributed by atoms with E-state index in [-0.39, 0.29) is 10.2 Å². The van der Waals surface area contributed by atoms with Crippen LogP contribution in [-0.2, 0) is 16.6 Å². The van der Waals surface area contributed by atoms with Gasteiger partial charge in [0, 0.05) is 10.3 Å². The summed E-state index contributed by atoms with van der Waals surface area (Å²) in [5, 5.41) is 30.8. The van der Waals surface area contributed by atoms with Gasteiger partial charge in [-0.15, -0.1) is 11.8 Å². The lowest BCUT2D eigenvalue weighted by Gasteiger charge is -2.65. The van der Waals surface area contributed by atoms with Crippen molar-refractivity contribution in [3.63, 3.8) is 0 Å². The summed E-state index contributed by atoms with van der Waals surface area (Å²) in [5.41, 5.74) is 48.4. The highest BCUT2D eigenvalue weighted by Gasteiger charge is 2.89. The highest BCUT2D eigenvalue weighted by molar-refractivity contribution is 8.00. The lowest BCUT2D eigenvalue weighted by molar-refractivity contribution is 0.0341. The number of hydrogen-bond acceptors (Lipinski definition) is 1. The van der Waals surface area contributed by atoms with Crippen LogP contribution in [0.5, 0.6) is 0 Å². The van der Waals surface area contributed by atoms with Crippen LogP contribution in [0.3, 0.4) is 0 Å². The fraction of sp³-hybridized carbons (Fsp3) is 0.362. The molecule has 0 saturated heterocycles. The Morgan fingerprint density at radius 1 is 0.343 bits per heavy atom. The first-order valence-electron chi connectivity index (χ1n) is 28.9. The first-order valence-corrected chi connectivity index (χ1v) is 29.7. The highest BCUT2D eigenvalue weighted by atomic mass is 32.2. The average molecular weight is 891 g/mol. The summed E-state index contributed by atoms with van der Waals surface area (Å²) in [6.07, 6.45) is 2.48. The van der Waals surface area contributed by atoms with Crippen LogP contribution in [0.2, 0.25) is 0 Å². The van der Waals surface area contributed by atoms with E-state index in [9.17, 15) is 0 Å². The van der Waals surface area contributed by atoms with E-state index in [1.54, 1.807) is 5.56 Å². The third-order valence-electron chi connectivity index (χ3n) is 30.8. The second-order valence-electron chi connectivity index (χ2n) is 29.7. The van der Waals surface area contributed by atoms with Crippen molar-refractivity contribution in [3.05, 3.63) is 141 Å². The van der Waals surface area contributed by atoms with Crippen molar-refractivity contribution in [2.24, 2.45) is 11.8 Å². The van der Waals surface area contributed by atoms with Crippen molar-refractivity contribution in [2.75, 3.05) is 0 Å². The molecule has 1 saturated carbocycles. The summed E-state index contributed by atoms with van der Waals surface area (Å²) in [6, 6.07) is 8.14. The predicted octanol–water partition coefficient (Wildman–Crippen LogP) is 15.5. The lowest BCUT2D eigenvalue weighted by atomic mass is 9.39. The summed E-state index contributed by atoms with van der Waals surface area (Å²) in [7, 11) is 0. The van der Waals surface area contributed by atoms with Gasteiger partial charge in [0.25, 0.3) is 0 Å². The van der Waals surface area contributed by atoms with Gasteiger partial charge in [0.15, 0.2) is 0 Å². The molecule has 11 aromatic rings. The minimum atomic E-state index is 0.0459. The standard InChI is InChI=1S/C69H30S/c1-2-4-7-5-3-6-8-67(7)70-69-65-59-53-43-31-23-15-11-9-10-13-17(15)25(31)35-29-21(13)22-14(10)18-16-12(9)20-19(11)27-33(23)41-47-37(27)38-28(20)34-24(16)32-26(18)36-30(22)40-39(29)51(45(35)53)61(65)62-52(40)46(36)54-44(32)50-42(34)48(38)56-55(47)63(57(59)49(41)43)68(8,69)64(56)58(50)60(54)66(62)69/h3,5-6,11,13,15,17,19,21,27,29,37-40,48,52,56,58,60,62,64,66H,2,4H2,1H3. The molecule has 0 aromatic heterocycles. The monoisotopic (exact) mass is 890 g/mol. The Kier molecular flexibility index (Phi) is 2.61. The topological polar surface area (TPSA) is 0 Å². The Bertz CT molecular complexity index is 5460. The number of rotatable bonds is 2. The lowest BCUT2D eigenvalue weighted by Crippen LogP contribution is -2.62.